The maximum atomic E-state index is 5.70. The number of ether oxygens (including phenoxy) is 2. The number of nitrogens with one attached hydrogen (secondary N) is 1. The second-order valence-corrected chi connectivity index (χ2v) is 4.70. The Hall–Kier alpha value is -0.840. The van der Waals surface area contributed by atoms with Crippen LogP contribution >= 0.6 is 0 Å². The van der Waals surface area contributed by atoms with Crippen molar-refractivity contribution in [2.75, 3.05) is 19.8 Å². The smallest absolute Gasteiger partial charge is 0.123 e. The summed E-state index contributed by atoms with van der Waals surface area (Å²) in [7, 11) is 0. The van der Waals surface area contributed by atoms with E-state index in [1.165, 1.54) is 0 Å². The topological polar surface area (TPSA) is 43.6 Å². The first-order valence-electron chi connectivity index (χ1n) is 6.85. The van der Waals surface area contributed by atoms with Gasteiger partial charge in [0.1, 0.15) is 5.76 Å². The minimum atomic E-state index is 0.290. The van der Waals surface area contributed by atoms with Crippen molar-refractivity contribution in [1.82, 2.24) is 5.32 Å². The number of furan rings is 1. The zero-order chi connectivity index (χ0) is 12.6. The SMILES string of the molecule is CCCNCc1occc1COCC1CCCO1. The zero-order valence-corrected chi connectivity index (χ0v) is 11.1. The molecule has 1 aliphatic rings. The molecular weight excluding hydrogens is 230 g/mol. The molecule has 0 aliphatic carbocycles. The van der Waals surface area contributed by atoms with E-state index < -0.39 is 0 Å². The molecule has 4 nitrogen and oxygen atoms in total. The third kappa shape index (κ3) is 4.12. The predicted octanol–water partition coefficient (Wildman–Crippen LogP) is 2.47. The fraction of sp³-hybridized carbons (Fsp3) is 0.714. The molecule has 0 radical (unpaired) electrons. The van der Waals surface area contributed by atoms with Gasteiger partial charge in [0.05, 0.1) is 32.1 Å². The van der Waals surface area contributed by atoms with Gasteiger partial charge in [-0.25, -0.2) is 0 Å². The van der Waals surface area contributed by atoms with Crippen molar-refractivity contribution in [3.05, 3.63) is 23.7 Å². The van der Waals surface area contributed by atoms with E-state index in [9.17, 15) is 0 Å². The highest BCUT2D eigenvalue weighted by Gasteiger charge is 2.15. The third-order valence-electron chi connectivity index (χ3n) is 3.14. The van der Waals surface area contributed by atoms with Crippen molar-refractivity contribution in [3.63, 3.8) is 0 Å². The summed E-state index contributed by atoms with van der Waals surface area (Å²) in [5, 5.41) is 3.34. The first-order chi connectivity index (χ1) is 8.90. The molecule has 4 heteroatoms. The van der Waals surface area contributed by atoms with Gasteiger partial charge in [0, 0.05) is 12.2 Å². The maximum absolute atomic E-state index is 5.70. The lowest BCUT2D eigenvalue weighted by atomic mass is 10.2. The summed E-state index contributed by atoms with van der Waals surface area (Å²) in [6.07, 6.45) is 5.43. The lowest BCUT2D eigenvalue weighted by molar-refractivity contribution is 0.0102. The number of hydrogen-bond donors (Lipinski definition) is 1. The summed E-state index contributed by atoms with van der Waals surface area (Å²) < 4.78 is 16.7. The second-order valence-electron chi connectivity index (χ2n) is 4.70. The Kier molecular flexibility index (Phi) is 5.71. The average Bonchev–Trinajstić information content (AvgIpc) is 3.02. The largest absolute Gasteiger partial charge is 0.468 e. The van der Waals surface area contributed by atoms with Crippen LogP contribution in [-0.4, -0.2) is 25.9 Å². The van der Waals surface area contributed by atoms with Crippen molar-refractivity contribution < 1.29 is 13.9 Å². The van der Waals surface area contributed by atoms with Gasteiger partial charge in [-0.05, 0) is 31.9 Å². The zero-order valence-electron chi connectivity index (χ0n) is 11.1. The van der Waals surface area contributed by atoms with E-state index in [0.29, 0.717) is 19.3 Å². The minimum absolute atomic E-state index is 0.290. The normalized spacial score (nSPS) is 19.5. The molecule has 2 heterocycles. The van der Waals surface area contributed by atoms with Crippen LogP contribution in [0.4, 0.5) is 0 Å². The number of hydrogen-bond acceptors (Lipinski definition) is 4. The molecule has 0 amide bonds. The molecule has 1 aromatic heterocycles. The summed E-state index contributed by atoms with van der Waals surface area (Å²) in [5.41, 5.74) is 1.14. The Bertz CT molecular complexity index is 332. The number of rotatable bonds is 8. The van der Waals surface area contributed by atoms with Gasteiger partial charge in [-0.15, -0.1) is 0 Å². The van der Waals surface area contributed by atoms with Crippen LogP contribution in [0.5, 0.6) is 0 Å². The molecule has 0 bridgehead atoms. The molecular formula is C14H23NO3. The van der Waals surface area contributed by atoms with Crippen LogP contribution in [0.1, 0.15) is 37.5 Å². The van der Waals surface area contributed by atoms with Crippen LogP contribution in [0.2, 0.25) is 0 Å². The Morgan fingerprint density at radius 2 is 2.44 bits per heavy atom. The Balaban J connectivity index is 1.69. The molecule has 0 spiro atoms. The molecule has 1 aromatic rings. The van der Waals surface area contributed by atoms with Crippen LogP contribution in [0.3, 0.4) is 0 Å². The van der Waals surface area contributed by atoms with E-state index in [1.807, 2.05) is 6.07 Å². The van der Waals surface area contributed by atoms with Gasteiger partial charge in [-0.1, -0.05) is 6.92 Å². The van der Waals surface area contributed by atoms with E-state index in [0.717, 1.165) is 50.3 Å². The van der Waals surface area contributed by atoms with Crippen molar-refractivity contribution in [2.24, 2.45) is 0 Å². The molecule has 1 fully saturated rings. The molecule has 102 valence electrons. The molecule has 0 saturated carbocycles. The van der Waals surface area contributed by atoms with Gasteiger partial charge in [0.2, 0.25) is 0 Å². The first-order valence-corrected chi connectivity index (χ1v) is 6.85. The van der Waals surface area contributed by atoms with Crippen LogP contribution < -0.4 is 5.32 Å². The molecule has 1 aliphatic heterocycles. The quantitative estimate of drug-likeness (QED) is 0.723. The van der Waals surface area contributed by atoms with E-state index in [2.05, 4.69) is 12.2 Å². The maximum Gasteiger partial charge on any atom is 0.123 e. The van der Waals surface area contributed by atoms with E-state index in [-0.39, 0.29) is 0 Å². The molecule has 0 aromatic carbocycles. The molecule has 1 N–H and O–H groups in total. The fourth-order valence-electron chi connectivity index (χ4n) is 2.11. The molecule has 1 unspecified atom stereocenters. The Morgan fingerprint density at radius 1 is 1.50 bits per heavy atom. The highest BCUT2D eigenvalue weighted by Crippen LogP contribution is 2.15. The lowest BCUT2D eigenvalue weighted by Gasteiger charge is -2.10. The van der Waals surface area contributed by atoms with Gasteiger partial charge in [-0.3, -0.25) is 0 Å². The van der Waals surface area contributed by atoms with Crippen LogP contribution in [0, 0.1) is 0 Å². The molecule has 18 heavy (non-hydrogen) atoms. The standard InChI is InChI=1S/C14H23NO3/c1-2-6-15-9-14-12(5-8-18-14)10-16-11-13-4-3-7-17-13/h5,8,13,15H,2-4,6-7,9-11H2,1H3. The van der Waals surface area contributed by atoms with Gasteiger partial charge in [0.25, 0.3) is 0 Å². The van der Waals surface area contributed by atoms with Crippen molar-refractivity contribution in [1.29, 1.82) is 0 Å². The molecule has 2 rings (SSSR count). The summed E-state index contributed by atoms with van der Waals surface area (Å²) in [5.74, 6) is 0.982. The van der Waals surface area contributed by atoms with Gasteiger partial charge >= 0.3 is 0 Å². The Morgan fingerprint density at radius 3 is 3.22 bits per heavy atom. The van der Waals surface area contributed by atoms with Crippen LogP contribution in [-0.2, 0) is 22.6 Å². The second kappa shape index (κ2) is 7.56. The van der Waals surface area contributed by atoms with Crippen LogP contribution in [0.25, 0.3) is 0 Å². The highest BCUT2D eigenvalue weighted by molar-refractivity contribution is 5.15. The van der Waals surface area contributed by atoms with E-state index in [1.54, 1.807) is 6.26 Å². The first kappa shape index (κ1) is 13.6. The van der Waals surface area contributed by atoms with Crippen molar-refractivity contribution in [2.45, 2.75) is 45.4 Å². The van der Waals surface area contributed by atoms with E-state index in [4.69, 9.17) is 13.9 Å². The van der Waals surface area contributed by atoms with Gasteiger partial charge in [0.15, 0.2) is 0 Å². The summed E-state index contributed by atoms with van der Waals surface area (Å²) in [6.45, 7) is 6.12. The summed E-state index contributed by atoms with van der Waals surface area (Å²) in [6, 6.07) is 1.98. The van der Waals surface area contributed by atoms with Crippen molar-refractivity contribution in [3.8, 4) is 0 Å². The monoisotopic (exact) mass is 253 g/mol. The lowest BCUT2D eigenvalue weighted by Crippen LogP contribution is -2.16. The summed E-state index contributed by atoms with van der Waals surface area (Å²) >= 11 is 0. The molecule has 1 saturated heterocycles. The van der Waals surface area contributed by atoms with Crippen LogP contribution in [0.15, 0.2) is 16.7 Å². The highest BCUT2D eigenvalue weighted by atomic mass is 16.5. The average molecular weight is 253 g/mol. The summed E-state index contributed by atoms with van der Waals surface area (Å²) in [4.78, 5) is 0. The van der Waals surface area contributed by atoms with Gasteiger partial charge in [-0.2, -0.15) is 0 Å². The predicted molar refractivity (Wildman–Crippen MR) is 69.3 cm³/mol. The van der Waals surface area contributed by atoms with Crippen molar-refractivity contribution >= 4 is 0 Å². The Labute approximate surface area is 109 Å². The van der Waals surface area contributed by atoms with Gasteiger partial charge < -0.3 is 19.2 Å². The van der Waals surface area contributed by atoms with E-state index >= 15 is 0 Å². The molecule has 1 atom stereocenters. The third-order valence-corrected chi connectivity index (χ3v) is 3.14. The fourth-order valence-corrected chi connectivity index (χ4v) is 2.11. The minimum Gasteiger partial charge on any atom is -0.468 e.